The largest absolute Gasteiger partial charge is 0.338 e. The van der Waals surface area contributed by atoms with Crippen molar-refractivity contribution in [2.75, 3.05) is 0 Å². The summed E-state index contributed by atoms with van der Waals surface area (Å²) in [4.78, 5) is 9.93. The van der Waals surface area contributed by atoms with Gasteiger partial charge in [-0.15, -0.1) is 0 Å². The van der Waals surface area contributed by atoms with Crippen molar-refractivity contribution in [3.8, 4) is 0 Å². The average molecular weight is 234 g/mol. The lowest BCUT2D eigenvalue weighted by atomic mass is 10.4. The molecule has 0 heterocycles. The Labute approximate surface area is 96.1 Å². The van der Waals surface area contributed by atoms with Gasteiger partial charge in [-0.2, -0.15) is 0 Å². The lowest BCUT2D eigenvalue weighted by Gasteiger charge is -2.11. The first-order valence-corrected chi connectivity index (χ1v) is 6.62. The molecular formula is C13H15O2P. The van der Waals surface area contributed by atoms with Gasteiger partial charge in [0.25, 0.3) is 7.37 Å². The van der Waals surface area contributed by atoms with Crippen molar-refractivity contribution < 1.29 is 9.46 Å². The standard InChI is InChI=1S/C13H15O2P/c1-3-4-6-9-12(2)16(14,15)13-10-7-5-8-11-13/h3-11H,2H2,1H3,(H,14,15)/b4-3-,9-6-. The second-order valence-electron chi connectivity index (χ2n) is 3.29. The summed E-state index contributed by atoms with van der Waals surface area (Å²) in [5.74, 6) is 0. The van der Waals surface area contributed by atoms with E-state index in [2.05, 4.69) is 6.58 Å². The monoisotopic (exact) mass is 234 g/mol. The van der Waals surface area contributed by atoms with Gasteiger partial charge in [-0.3, -0.25) is 4.57 Å². The number of benzene rings is 1. The first kappa shape index (κ1) is 12.7. The summed E-state index contributed by atoms with van der Waals surface area (Å²) in [6, 6.07) is 8.55. The SMILES string of the molecule is C=C(/C=C\C=C/C)P(=O)(O)c1ccccc1. The summed E-state index contributed by atoms with van der Waals surface area (Å²) >= 11 is 0. The normalized spacial score (nSPS) is 15.4. The Bertz CT molecular complexity index is 458. The highest BCUT2D eigenvalue weighted by molar-refractivity contribution is 7.70. The van der Waals surface area contributed by atoms with Gasteiger partial charge in [0.05, 0.1) is 0 Å². The van der Waals surface area contributed by atoms with Crippen LogP contribution in [0, 0.1) is 0 Å². The van der Waals surface area contributed by atoms with Gasteiger partial charge in [-0.25, -0.2) is 0 Å². The van der Waals surface area contributed by atoms with Gasteiger partial charge in [0, 0.05) is 10.6 Å². The number of rotatable bonds is 4. The molecule has 0 saturated heterocycles. The summed E-state index contributed by atoms with van der Waals surface area (Å²) in [6.07, 6.45) is 6.90. The second kappa shape index (κ2) is 5.64. The second-order valence-corrected chi connectivity index (χ2v) is 5.53. The molecule has 1 N–H and O–H groups in total. The van der Waals surface area contributed by atoms with Crippen LogP contribution in [0.2, 0.25) is 0 Å². The highest BCUT2D eigenvalue weighted by Gasteiger charge is 2.22. The molecule has 84 valence electrons. The van der Waals surface area contributed by atoms with Crippen LogP contribution in [0.15, 0.2) is 66.5 Å². The minimum Gasteiger partial charge on any atom is -0.338 e. The average Bonchev–Trinajstić information content (AvgIpc) is 2.30. The van der Waals surface area contributed by atoms with Crippen molar-refractivity contribution in [1.29, 1.82) is 0 Å². The summed E-state index contributed by atoms with van der Waals surface area (Å²) < 4.78 is 12.1. The van der Waals surface area contributed by atoms with Gasteiger partial charge in [0.2, 0.25) is 0 Å². The van der Waals surface area contributed by atoms with Gasteiger partial charge in [0.1, 0.15) is 0 Å². The van der Waals surface area contributed by atoms with Crippen LogP contribution in [0.1, 0.15) is 6.92 Å². The molecular weight excluding hydrogens is 219 g/mol. The Morgan fingerprint density at radius 1 is 1.31 bits per heavy atom. The summed E-state index contributed by atoms with van der Waals surface area (Å²) in [7, 11) is -3.49. The zero-order valence-corrected chi connectivity index (χ0v) is 10.1. The van der Waals surface area contributed by atoms with Crippen LogP contribution in [0.5, 0.6) is 0 Å². The summed E-state index contributed by atoms with van der Waals surface area (Å²) in [5, 5.41) is 0.641. The van der Waals surface area contributed by atoms with Crippen molar-refractivity contribution in [3.63, 3.8) is 0 Å². The third-order valence-corrected chi connectivity index (χ3v) is 4.01. The lowest BCUT2D eigenvalue weighted by Crippen LogP contribution is -2.03. The van der Waals surface area contributed by atoms with Crippen LogP contribution in [0.4, 0.5) is 0 Å². The molecule has 0 aliphatic rings. The Kier molecular flexibility index (Phi) is 4.48. The van der Waals surface area contributed by atoms with Crippen molar-refractivity contribution in [2.24, 2.45) is 0 Å². The lowest BCUT2D eigenvalue weighted by molar-refractivity contribution is 0.498. The molecule has 16 heavy (non-hydrogen) atoms. The van der Waals surface area contributed by atoms with Crippen LogP contribution in [0.25, 0.3) is 0 Å². The molecule has 0 amide bonds. The predicted molar refractivity (Wildman–Crippen MR) is 69.0 cm³/mol. The van der Waals surface area contributed by atoms with Gasteiger partial charge < -0.3 is 4.89 Å². The Morgan fingerprint density at radius 3 is 2.50 bits per heavy atom. The molecule has 0 saturated carbocycles. The van der Waals surface area contributed by atoms with E-state index in [9.17, 15) is 9.46 Å². The molecule has 1 aromatic rings. The third kappa shape index (κ3) is 3.06. The van der Waals surface area contributed by atoms with Crippen LogP contribution < -0.4 is 5.30 Å². The molecule has 1 aromatic carbocycles. The molecule has 0 aliphatic heterocycles. The first-order chi connectivity index (χ1) is 7.59. The van der Waals surface area contributed by atoms with Crippen molar-refractivity contribution in [3.05, 3.63) is 66.5 Å². The van der Waals surface area contributed by atoms with E-state index in [1.807, 2.05) is 19.1 Å². The number of hydrogen-bond acceptors (Lipinski definition) is 1. The molecule has 1 unspecified atom stereocenters. The Hall–Kier alpha value is -1.37. The van der Waals surface area contributed by atoms with E-state index in [0.717, 1.165) is 0 Å². The van der Waals surface area contributed by atoms with Crippen LogP contribution in [0.3, 0.4) is 0 Å². The highest BCUT2D eigenvalue weighted by atomic mass is 31.2. The predicted octanol–water partition coefficient (Wildman–Crippen LogP) is 3.23. The molecule has 1 atom stereocenters. The molecule has 0 aromatic heterocycles. The minimum absolute atomic E-state index is 0.233. The zero-order chi connectivity index (χ0) is 12.0. The quantitative estimate of drug-likeness (QED) is 0.641. The fraction of sp³-hybridized carbons (Fsp3) is 0.0769. The topological polar surface area (TPSA) is 37.3 Å². The summed E-state index contributed by atoms with van der Waals surface area (Å²) in [5.41, 5.74) is 0. The van der Waals surface area contributed by atoms with Gasteiger partial charge in [-0.1, -0.05) is 43.0 Å². The number of allylic oxidation sites excluding steroid dienone is 5. The molecule has 0 aliphatic carbocycles. The molecule has 2 nitrogen and oxygen atoms in total. The van der Waals surface area contributed by atoms with Crippen molar-refractivity contribution >= 4 is 12.7 Å². The fourth-order valence-corrected chi connectivity index (χ4v) is 2.37. The first-order valence-electron chi connectivity index (χ1n) is 4.96. The Morgan fingerprint density at radius 2 is 1.94 bits per heavy atom. The van der Waals surface area contributed by atoms with Crippen LogP contribution in [-0.2, 0) is 4.57 Å². The number of hydrogen-bond donors (Lipinski definition) is 1. The van der Waals surface area contributed by atoms with Crippen molar-refractivity contribution in [1.82, 2.24) is 0 Å². The molecule has 3 heteroatoms. The molecule has 0 bridgehead atoms. The molecule has 1 rings (SSSR count). The summed E-state index contributed by atoms with van der Waals surface area (Å²) in [6.45, 7) is 5.52. The van der Waals surface area contributed by atoms with E-state index in [1.54, 1.807) is 42.5 Å². The zero-order valence-electron chi connectivity index (χ0n) is 9.21. The van der Waals surface area contributed by atoms with E-state index >= 15 is 0 Å². The maximum atomic E-state index is 12.1. The minimum atomic E-state index is -3.49. The Balaban J connectivity index is 2.95. The van der Waals surface area contributed by atoms with E-state index in [0.29, 0.717) is 5.30 Å². The van der Waals surface area contributed by atoms with Crippen LogP contribution >= 0.6 is 7.37 Å². The maximum absolute atomic E-state index is 12.1. The van der Waals surface area contributed by atoms with Gasteiger partial charge in [-0.05, 0) is 25.1 Å². The van der Waals surface area contributed by atoms with E-state index in [-0.39, 0.29) is 5.31 Å². The molecule has 0 radical (unpaired) electrons. The molecule has 0 spiro atoms. The van der Waals surface area contributed by atoms with Crippen LogP contribution in [-0.4, -0.2) is 4.89 Å². The third-order valence-electron chi connectivity index (χ3n) is 2.09. The maximum Gasteiger partial charge on any atom is 0.258 e. The van der Waals surface area contributed by atoms with Crippen molar-refractivity contribution in [2.45, 2.75) is 6.92 Å². The fourth-order valence-electron chi connectivity index (χ4n) is 1.17. The van der Waals surface area contributed by atoms with E-state index in [4.69, 9.17) is 0 Å². The molecule has 0 fully saturated rings. The van der Waals surface area contributed by atoms with Gasteiger partial charge >= 0.3 is 0 Å². The van der Waals surface area contributed by atoms with E-state index < -0.39 is 7.37 Å². The highest BCUT2D eigenvalue weighted by Crippen LogP contribution is 2.47. The van der Waals surface area contributed by atoms with Gasteiger partial charge in [0.15, 0.2) is 0 Å². The van der Waals surface area contributed by atoms with E-state index in [1.165, 1.54) is 0 Å². The smallest absolute Gasteiger partial charge is 0.258 e.